The summed E-state index contributed by atoms with van der Waals surface area (Å²) < 4.78 is 0. The Morgan fingerprint density at radius 2 is 1.81 bits per heavy atom. The van der Waals surface area contributed by atoms with Crippen molar-refractivity contribution >= 4 is 22.7 Å². The Labute approximate surface area is 188 Å². The first-order valence-corrected chi connectivity index (χ1v) is 11.3. The van der Waals surface area contributed by atoms with E-state index in [1.807, 2.05) is 53.6 Å². The van der Waals surface area contributed by atoms with Crippen molar-refractivity contribution < 1.29 is 9.59 Å². The Bertz CT molecular complexity index is 1190. The molecule has 1 atom stereocenters. The lowest BCUT2D eigenvalue weighted by atomic mass is 9.90. The summed E-state index contributed by atoms with van der Waals surface area (Å²) in [5, 5.41) is 4.36. The first kappa shape index (κ1) is 20.4. The number of nitrogens with zero attached hydrogens (tertiary/aromatic N) is 1. The number of H-pyrrole nitrogens is 1. The lowest BCUT2D eigenvalue weighted by Gasteiger charge is -2.31. The average molecular weight is 426 g/mol. The molecule has 5 rings (SSSR count). The van der Waals surface area contributed by atoms with Crippen molar-refractivity contribution in [2.45, 2.75) is 25.7 Å². The van der Waals surface area contributed by atoms with E-state index >= 15 is 0 Å². The quantitative estimate of drug-likeness (QED) is 0.629. The van der Waals surface area contributed by atoms with Crippen LogP contribution in [0.4, 0.5) is 0 Å². The van der Waals surface area contributed by atoms with Crippen molar-refractivity contribution in [3.05, 3.63) is 71.9 Å². The van der Waals surface area contributed by atoms with E-state index in [-0.39, 0.29) is 23.1 Å². The van der Waals surface area contributed by atoms with Crippen molar-refractivity contribution in [3.63, 3.8) is 0 Å². The van der Waals surface area contributed by atoms with E-state index < -0.39 is 0 Å². The summed E-state index contributed by atoms with van der Waals surface area (Å²) in [4.78, 5) is 30.3. The molecular weight excluding hydrogens is 398 g/mol. The monoisotopic (exact) mass is 425 g/mol. The van der Waals surface area contributed by atoms with E-state index in [0.29, 0.717) is 19.6 Å². The van der Waals surface area contributed by atoms with Gasteiger partial charge in [-0.3, -0.25) is 9.59 Å². The number of rotatable bonds is 4. The van der Waals surface area contributed by atoms with Crippen LogP contribution in [0, 0.1) is 23.2 Å². The summed E-state index contributed by atoms with van der Waals surface area (Å²) in [6, 6.07) is 17.8. The largest absolute Gasteiger partial charge is 0.361 e. The van der Waals surface area contributed by atoms with Crippen molar-refractivity contribution in [1.29, 1.82) is 0 Å². The van der Waals surface area contributed by atoms with E-state index in [9.17, 15) is 9.59 Å². The maximum absolute atomic E-state index is 12.7. The van der Waals surface area contributed by atoms with Crippen LogP contribution in [0.1, 0.15) is 30.4 Å². The van der Waals surface area contributed by atoms with Gasteiger partial charge in [0, 0.05) is 54.1 Å². The summed E-state index contributed by atoms with van der Waals surface area (Å²) in [6.07, 6.45) is 5.54. The molecule has 1 saturated carbocycles. The molecule has 1 saturated heterocycles. The van der Waals surface area contributed by atoms with Crippen LogP contribution in [-0.4, -0.2) is 41.3 Å². The SMILES string of the molecule is O=C(NCCc1c[nH]c2ccccc12)[C@@H]1CC12CCN(C(=O)C#Cc1ccccc1)CC2. The number of benzene rings is 2. The van der Waals surface area contributed by atoms with Crippen LogP contribution >= 0.6 is 0 Å². The average Bonchev–Trinajstić information content (AvgIpc) is 3.38. The molecule has 162 valence electrons. The molecule has 32 heavy (non-hydrogen) atoms. The number of aromatic nitrogens is 1. The van der Waals surface area contributed by atoms with Crippen LogP contribution in [0.3, 0.4) is 0 Å². The molecule has 5 heteroatoms. The van der Waals surface area contributed by atoms with Crippen LogP contribution in [0.2, 0.25) is 0 Å². The minimum absolute atomic E-state index is 0.0779. The van der Waals surface area contributed by atoms with Crippen LogP contribution in [0.15, 0.2) is 60.8 Å². The summed E-state index contributed by atoms with van der Waals surface area (Å²) >= 11 is 0. The second-order valence-corrected chi connectivity index (χ2v) is 8.93. The minimum Gasteiger partial charge on any atom is -0.361 e. The van der Waals surface area contributed by atoms with Gasteiger partial charge in [-0.15, -0.1) is 0 Å². The molecule has 2 fully saturated rings. The van der Waals surface area contributed by atoms with Gasteiger partial charge in [0.2, 0.25) is 5.91 Å². The Balaban J connectivity index is 1.09. The lowest BCUT2D eigenvalue weighted by molar-refractivity contribution is -0.127. The van der Waals surface area contributed by atoms with Gasteiger partial charge in [-0.1, -0.05) is 42.3 Å². The molecule has 1 aliphatic heterocycles. The highest BCUT2D eigenvalue weighted by Crippen LogP contribution is 2.59. The zero-order valence-corrected chi connectivity index (χ0v) is 18.1. The maximum atomic E-state index is 12.7. The fourth-order valence-corrected chi connectivity index (χ4v) is 4.93. The molecule has 5 nitrogen and oxygen atoms in total. The van der Waals surface area contributed by atoms with Gasteiger partial charge in [-0.2, -0.15) is 0 Å². The van der Waals surface area contributed by atoms with Crippen molar-refractivity contribution in [2.24, 2.45) is 11.3 Å². The number of piperidine rings is 1. The third-order valence-corrected chi connectivity index (χ3v) is 7.01. The first-order valence-electron chi connectivity index (χ1n) is 11.3. The third-order valence-electron chi connectivity index (χ3n) is 7.01. The number of fused-ring (bicyclic) bond motifs is 1. The molecule has 2 amide bonds. The van der Waals surface area contributed by atoms with Gasteiger partial charge in [0.05, 0.1) is 0 Å². The fourth-order valence-electron chi connectivity index (χ4n) is 4.93. The second-order valence-electron chi connectivity index (χ2n) is 8.93. The maximum Gasteiger partial charge on any atom is 0.298 e. The van der Waals surface area contributed by atoms with Crippen molar-refractivity contribution in [3.8, 4) is 11.8 Å². The number of amides is 2. The molecule has 2 aromatic carbocycles. The predicted molar refractivity (Wildman–Crippen MR) is 125 cm³/mol. The molecule has 0 bridgehead atoms. The number of nitrogens with one attached hydrogen (secondary N) is 2. The standard InChI is InChI=1S/C27H27N3O2/c31-25(11-10-20-6-2-1-3-7-20)30-16-13-27(14-17-30)18-23(27)26(32)28-15-12-21-19-29-24-9-5-4-8-22(21)24/h1-9,19,23,29H,12-18H2,(H,28,32)/t23-/m0/s1. The van der Waals surface area contributed by atoms with E-state index in [1.165, 1.54) is 10.9 Å². The molecule has 1 spiro atoms. The van der Waals surface area contributed by atoms with Crippen LogP contribution in [0.25, 0.3) is 10.9 Å². The number of para-hydroxylation sites is 1. The highest BCUT2D eigenvalue weighted by molar-refractivity contribution is 5.94. The lowest BCUT2D eigenvalue weighted by Crippen LogP contribution is -2.40. The fraction of sp³-hybridized carbons (Fsp3) is 0.333. The molecule has 2 N–H and O–H groups in total. The van der Waals surface area contributed by atoms with Crippen LogP contribution in [0.5, 0.6) is 0 Å². The number of carbonyl (C=O) groups is 2. The zero-order valence-electron chi connectivity index (χ0n) is 18.1. The predicted octanol–water partition coefficient (Wildman–Crippen LogP) is 3.51. The summed E-state index contributed by atoms with van der Waals surface area (Å²) in [5.74, 6) is 5.82. The van der Waals surface area contributed by atoms with Gasteiger partial charge in [-0.25, -0.2) is 0 Å². The zero-order chi connectivity index (χ0) is 22.0. The Morgan fingerprint density at radius 1 is 1.06 bits per heavy atom. The third kappa shape index (κ3) is 4.13. The Kier molecular flexibility index (Phi) is 5.45. The highest BCUT2D eigenvalue weighted by atomic mass is 16.2. The van der Waals surface area contributed by atoms with Crippen molar-refractivity contribution in [2.75, 3.05) is 19.6 Å². The smallest absolute Gasteiger partial charge is 0.298 e. The van der Waals surface area contributed by atoms with Gasteiger partial charge in [0.1, 0.15) is 0 Å². The molecule has 0 radical (unpaired) electrons. The normalized spacial score (nSPS) is 18.8. The molecule has 0 unspecified atom stereocenters. The van der Waals surface area contributed by atoms with Crippen LogP contribution in [-0.2, 0) is 16.0 Å². The molecule has 2 heterocycles. The second kappa shape index (κ2) is 8.55. The number of hydrogen-bond acceptors (Lipinski definition) is 2. The Morgan fingerprint density at radius 3 is 2.62 bits per heavy atom. The molecular formula is C27H27N3O2. The number of hydrogen-bond donors (Lipinski definition) is 2. The Hall–Kier alpha value is -3.52. The van der Waals surface area contributed by atoms with Gasteiger partial charge >= 0.3 is 0 Å². The summed E-state index contributed by atoms with van der Waals surface area (Å²) in [5.41, 5.74) is 3.29. The first-order chi connectivity index (χ1) is 15.6. The topological polar surface area (TPSA) is 65.2 Å². The van der Waals surface area contributed by atoms with Crippen molar-refractivity contribution in [1.82, 2.24) is 15.2 Å². The summed E-state index contributed by atoms with van der Waals surface area (Å²) in [7, 11) is 0. The van der Waals surface area contributed by atoms with Gasteiger partial charge < -0.3 is 15.2 Å². The van der Waals surface area contributed by atoms with Gasteiger partial charge in [0.15, 0.2) is 0 Å². The number of likely N-dealkylation sites (tertiary alicyclic amines) is 1. The van der Waals surface area contributed by atoms with E-state index in [2.05, 4.69) is 34.3 Å². The van der Waals surface area contributed by atoms with Crippen LogP contribution < -0.4 is 5.32 Å². The molecule has 2 aliphatic rings. The minimum atomic E-state index is -0.121. The number of carbonyl (C=O) groups excluding carboxylic acids is 2. The highest BCUT2D eigenvalue weighted by Gasteiger charge is 2.58. The molecule has 1 aliphatic carbocycles. The van der Waals surface area contributed by atoms with Gasteiger partial charge in [-0.05, 0) is 54.9 Å². The van der Waals surface area contributed by atoms with Gasteiger partial charge in [0.25, 0.3) is 5.91 Å². The van der Waals surface area contributed by atoms with E-state index in [4.69, 9.17) is 0 Å². The van der Waals surface area contributed by atoms with E-state index in [0.717, 1.165) is 36.8 Å². The molecule has 1 aromatic heterocycles. The van der Waals surface area contributed by atoms with E-state index in [1.54, 1.807) is 0 Å². The summed E-state index contributed by atoms with van der Waals surface area (Å²) in [6.45, 7) is 2.01. The number of aromatic amines is 1. The molecule has 3 aromatic rings.